The van der Waals surface area contributed by atoms with Gasteiger partial charge in [0.05, 0.1) is 6.04 Å². The lowest BCUT2D eigenvalue weighted by molar-refractivity contribution is -0.122. The standard InChI is InChI=1S/C13H20N2O2/c1-8(2)15-13(17)12(14)7-10-4-5-11(16)6-9(10)3/h4-6,8,12,16H,7,14H2,1-3H3,(H,15,17)/t12-/m0/s1. The van der Waals surface area contributed by atoms with Crippen molar-refractivity contribution in [3.8, 4) is 5.75 Å². The number of carbonyl (C=O) groups is 1. The molecular weight excluding hydrogens is 216 g/mol. The molecule has 17 heavy (non-hydrogen) atoms. The molecule has 0 aliphatic heterocycles. The van der Waals surface area contributed by atoms with Gasteiger partial charge in [-0.15, -0.1) is 0 Å². The minimum atomic E-state index is -0.555. The average molecular weight is 236 g/mol. The van der Waals surface area contributed by atoms with Gasteiger partial charge in [-0.1, -0.05) is 6.07 Å². The van der Waals surface area contributed by atoms with Gasteiger partial charge < -0.3 is 16.2 Å². The van der Waals surface area contributed by atoms with Gasteiger partial charge in [0.25, 0.3) is 0 Å². The van der Waals surface area contributed by atoms with E-state index in [1.54, 1.807) is 18.2 Å². The SMILES string of the molecule is Cc1cc(O)ccc1C[C@H](N)C(=O)NC(C)C. The summed E-state index contributed by atoms with van der Waals surface area (Å²) in [5, 5.41) is 12.1. The first kappa shape index (κ1) is 13.5. The van der Waals surface area contributed by atoms with Gasteiger partial charge in [0.1, 0.15) is 5.75 Å². The molecule has 0 bridgehead atoms. The first-order valence-electron chi connectivity index (χ1n) is 5.74. The molecular formula is C13H20N2O2. The molecule has 1 atom stereocenters. The van der Waals surface area contributed by atoms with Crippen molar-refractivity contribution in [1.29, 1.82) is 0 Å². The lowest BCUT2D eigenvalue weighted by Gasteiger charge is -2.15. The molecule has 0 aliphatic carbocycles. The molecule has 0 saturated carbocycles. The van der Waals surface area contributed by atoms with E-state index in [2.05, 4.69) is 5.32 Å². The van der Waals surface area contributed by atoms with Crippen molar-refractivity contribution in [3.05, 3.63) is 29.3 Å². The monoisotopic (exact) mass is 236 g/mol. The van der Waals surface area contributed by atoms with Crippen molar-refractivity contribution in [2.24, 2.45) is 5.73 Å². The zero-order valence-corrected chi connectivity index (χ0v) is 10.5. The van der Waals surface area contributed by atoms with E-state index in [-0.39, 0.29) is 17.7 Å². The summed E-state index contributed by atoms with van der Waals surface area (Å²) in [6, 6.07) is 4.61. The molecule has 4 heteroatoms. The quantitative estimate of drug-likeness (QED) is 0.732. The number of hydrogen-bond acceptors (Lipinski definition) is 3. The summed E-state index contributed by atoms with van der Waals surface area (Å²) in [7, 11) is 0. The Morgan fingerprint density at radius 3 is 2.65 bits per heavy atom. The average Bonchev–Trinajstić information content (AvgIpc) is 2.21. The molecule has 1 aromatic carbocycles. The fourth-order valence-electron chi connectivity index (χ4n) is 1.63. The Morgan fingerprint density at radius 2 is 2.12 bits per heavy atom. The summed E-state index contributed by atoms with van der Waals surface area (Å²) in [6.45, 7) is 5.69. The smallest absolute Gasteiger partial charge is 0.237 e. The lowest BCUT2D eigenvalue weighted by atomic mass is 10.0. The third-order valence-electron chi connectivity index (χ3n) is 2.53. The van der Waals surface area contributed by atoms with Gasteiger partial charge in [0.15, 0.2) is 0 Å². The zero-order valence-electron chi connectivity index (χ0n) is 10.5. The molecule has 0 aliphatic rings. The van der Waals surface area contributed by atoms with Gasteiger partial charge in [-0.3, -0.25) is 4.79 Å². The van der Waals surface area contributed by atoms with Crippen LogP contribution in [0, 0.1) is 6.92 Å². The van der Waals surface area contributed by atoms with E-state index >= 15 is 0 Å². The number of nitrogens with two attached hydrogens (primary N) is 1. The molecule has 1 aromatic rings. The molecule has 1 rings (SSSR count). The number of carbonyl (C=O) groups excluding carboxylic acids is 1. The van der Waals surface area contributed by atoms with Gasteiger partial charge in [0.2, 0.25) is 5.91 Å². The summed E-state index contributed by atoms with van der Waals surface area (Å²) < 4.78 is 0. The highest BCUT2D eigenvalue weighted by atomic mass is 16.3. The van der Waals surface area contributed by atoms with E-state index in [0.717, 1.165) is 11.1 Å². The molecule has 0 heterocycles. The second-order valence-electron chi connectivity index (χ2n) is 4.58. The summed E-state index contributed by atoms with van der Waals surface area (Å²) >= 11 is 0. The van der Waals surface area contributed by atoms with Crippen molar-refractivity contribution in [3.63, 3.8) is 0 Å². The Morgan fingerprint density at radius 1 is 1.47 bits per heavy atom. The Labute approximate surface area is 102 Å². The number of amides is 1. The molecule has 1 amide bonds. The highest BCUT2D eigenvalue weighted by Gasteiger charge is 2.15. The summed E-state index contributed by atoms with van der Waals surface area (Å²) in [5.41, 5.74) is 7.75. The van der Waals surface area contributed by atoms with Gasteiger partial charge in [-0.2, -0.15) is 0 Å². The molecule has 0 radical (unpaired) electrons. The van der Waals surface area contributed by atoms with Gasteiger partial charge >= 0.3 is 0 Å². The van der Waals surface area contributed by atoms with E-state index in [0.29, 0.717) is 6.42 Å². The van der Waals surface area contributed by atoms with Crippen LogP contribution < -0.4 is 11.1 Å². The number of aryl methyl sites for hydroxylation is 1. The van der Waals surface area contributed by atoms with Gasteiger partial charge in [-0.25, -0.2) is 0 Å². The Balaban J connectivity index is 2.67. The summed E-state index contributed by atoms with van der Waals surface area (Å²) in [5.74, 6) is 0.0823. The van der Waals surface area contributed by atoms with Crippen molar-refractivity contribution in [2.45, 2.75) is 39.3 Å². The predicted octanol–water partition coefficient (Wildman–Crippen LogP) is 1.10. The van der Waals surface area contributed by atoms with Crippen LogP contribution in [0.3, 0.4) is 0 Å². The van der Waals surface area contributed by atoms with Crippen LogP contribution in [0.2, 0.25) is 0 Å². The number of hydrogen-bond donors (Lipinski definition) is 3. The normalized spacial score (nSPS) is 12.5. The predicted molar refractivity (Wildman–Crippen MR) is 67.8 cm³/mol. The van der Waals surface area contributed by atoms with Crippen LogP contribution in [0.4, 0.5) is 0 Å². The minimum Gasteiger partial charge on any atom is -0.508 e. The molecule has 0 unspecified atom stereocenters. The highest BCUT2D eigenvalue weighted by molar-refractivity contribution is 5.82. The molecule has 4 N–H and O–H groups in total. The number of benzene rings is 1. The van der Waals surface area contributed by atoms with Crippen molar-refractivity contribution < 1.29 is 9.90 Å². The maximum atomic E-state index is 11.7. The second-order valence-corrected chi connectivity index (χ2v) is 4.58. The number of rotatable bonds is 4. The van der Waals surface area contributed by atoms with Crippen LogP contribution in [0.5, 0.6) is 5.75 Å². The van der Waals surface area contributed by atoms with E-state index in [1.807, 2.05) is 20.8 Å². The first-order chi connectivity index (χ1) is 7.90. The molecule has 0 spiro atoms. The molecule has 94 valence electrons. The topological polar surface area (TPSA) is 75.3 Å². The van der Waals surface area contributed by atoms with E-state index in [1.165, 1.54) is 0 Å². The van der Waals surface area contributed by atoms with Crippen molar-refractivity contribution in [2.75, 3.05) is 0 Å². The highest BCUT2D eigenvalue weighted by Crippen LogP contribution is 2.16. The van der Waals surface area contributed by atoms with E-state index < -0.39 is 6.04 Å². The second kappa shape index (κ2) is 5.68. The van der Waals surface area contributed by atoms with E-state index in [4.69, 9.17) is 5.73 Å². The van der Waals surface area contributed by atoms with Crippen LogP contribution in [-0.4, -0.2) is 23.1 Å². The van der Waals surface area contributed by atoms with Crippen molar-refractivity contribution >= 4 is 5.91 Å². The fourth-order valence-corrected chi connectivity index (χ4v) is 1.63. The van der Waals surface area contributed by atoms with Gasteiger partial charge in [-0.05, 0) is 50.5 Å². The first-order valence-corrected chi connectivity index (χ1v) is 5.74. The number of aromatic hydroxyl groups is 1. The molecule has 4 nitrogen and oxygen atoms in total. The Kier molecular flexibility index (Phi) is 4.52. The van der Waals surface area contributed by atoms with Crippen LogP contribution in [0.25, 0.3) is 0 Å². The minimum absolute atomic E-state index is 0.0921. The van der Waals surface area contributed by atoms with Crippen LogP contribution in [0.1, 0.15) is 25.0 Å². The van der Waals surface area contributed by atoms with Crippen LogP contribution in [0.15, 0.2) is 18.2 Å². The number of phenolic OH excluding ortho intramolecular Hbond substituents is 1. The number of phenols is 1. The molecule has 0 saturated heterocycles. The van der Waals surface area contributed by atoms with Gasteiger partial charge in [0, 0.05) is 6.04 Å². The molecule has 0 fully saturated rings. The zero-order chi connectivity index (χ0) is 13.0. The maximum absolute atomic E-state index is 11.7. The fraction of sp³-hybridized carbons (Fsp3) is 0.462. The third-order valence-corrected chi connectivity index (χ3v) is 2.53. The van der Waals surface area contributed by atoms with E-state index in [9.17, 15) is 9.90 Å². The summed E-state index contributed by atoms with van der Waals surface area (Å²) in [4.78, 5) is 11.7. The third kappa shape index (κ3) is 4.07. The Hall–Kier alpha value is -1.55. The summed E-state index contributed by atoms with van der Waals surface area (Å²) in [6.07, 6.45) is 0.477. The van der Waals surface area contributed by atoms with Crippen LogP contribution >= 0.6 is 0 Å². The Bertz CT molecular complexity index is 402. The maximum Gasteiger partial charge on any atom is 0.237 e. The van der Waals surface area contributed by atoms with Crippen molar-refractivity contribution in [1.82, 2.24) is 5.32 Å². The lowest BCUT2D eigenvalue weighted by Crippen LogP contribution is -2.44. The van der Waals surface area contributed by atoms with Crippen LogP contribution in [-0.2, 0) is 11.2 Å². The largest absolute Gasteiger partial charge is 0.508 e. The number of nitrogens with one attached hydrogen (secondary N) is 1. The molecule has 0 aromatic heterocycles.